The van der Waals surface area contributed by atoms with E-state index in [2.05, 4.69) is 38.1 Å². The molecule has 5 nitrogen and oxygen atoms in total. The fourth-order valence-corrected chi connectivity index (χ4v) is 6.68. The number of rotatable bonds is 2. The van der Waals surface area contributed by atoms with E-state index in [-0.39, 0.29) is 11.8 Å². The quantitative estimate of drug-likeness (QED) is 0.340. The summed E-state index contributed by atoms with van der Waals surface area (Å²) < 4.78 is 5.21. The van der Waals surface area contributed by atoms with Crippen molar-refractivity contribution in [2.24, 2.45) is 11.8 Å². The predicted molar refractivity (Wildman–Crippen MR) is 123 cm³/mol. The third-order valence-corrected chi connectivity index (χ3v) is 7.98. The molecule has 7 rings (SSSR count). The highest BCUT2D eigenvalue weighted by Gasteiger charge is 2.70. The van der Waals surface area contributed by atoms with Gasteiger partial charge in [-0.15, -0.1) is 0 Å². The summed E-state index contributed by atoms with van der Waals surface area (Å²) in [6.07, 6.45) is 0. The van der Waals surface area contributed by atoms with Crippen LogP contribution in [-0.2, 0) is 25.2 Å². The van der Waals surface area contributed by atoms with Crippen molar-refractivity contribution in [3.05, 3.63) is 95.1 Å². The molecule has 33 heavy (non-hydrogen) atoms. The Bertz CT molecular complexity index is 1250. The van der Waals surface area contributed by atoms with Crippen LogP contribution in [0.4, 0.5) is 5.69 Å². The monoisotopic (exact) mass is 437 g/mol. The normalized spacial score (nSPS) is 28.9. The van der Waals surface area contributed by atoms with Crippen LogP contribution in [0.25, 0.3) is 0 Å². The van der Waals surface area contributed by atoms with Crippen molar-refractivity contribution in [3.8, 4) is 5.75 Å². The molecule has 3 aromatic rings. The van der Waals surface area contributed by atoms with E-state index < -0.39 is 28.6 Å². The van der Waals surface area contributed by atoms with Gasteiger partial charge < -0.3 is 4.74 Å². The zero-order valence-corrected chi connectivity index (χ0v) is 18.7. The summed E-state index contributed by atoms with van der Waals surface area (Å²) in [5, 5.41) is 0. The van der Waals surface area contributed by atoms with Crippen LogP contribution in [0.2, 0.25) is 0 Å². The molecule has 0 aromatic heterocycles. The number of hydrogen-bond donors (Lipinski definition) is 0. The van der Waals surface area contributed by atoms with Gasteiger partial charge in [-0.25, -0.2) is 4.90 Å². The van der Waals surface area contributed by atoms with Crippen LogP contribution in [-0.4, -0.2) is 17.8 Å². The number of amides is 2. The molecule has 0 radical (unpaired) electrons. The molecule has 3 aliphatic carbocycles. The van der Waals surface area contributed by atoms with Gasteiger partial charge in [0.2, 0.25) is 11.8 Å². The summed E-state index contributed by atoms with van der Waals surface area (Å²) >= 11 is 0. The molecule has 2 bridgehead atoms. The highest BCUT2D eigenvalue weighted by atomic mass is 16.5. The Balaban J connectivity index is 1.58. The first-order valence-corrected chi connectivity index (χ1v) is 11.2. The molecule has 164 valence electrons. The second-order valence-electron chi connectivity index (χ2n) is 9.55. The Morgan fingerprint density at radius 3 is 1.64 bits per heavy atom. The standard InChI is InChI=1S/C28H23NO4/c1-16(30)33-18-10-8-9-17(15-18)29-25(31)23-24(26(29)32)28(3)21-13-6-4-11-19(21)27(23,2)20-12-5-7-14-22(20)28/h4-15,23-24H,1-3H3/t23-,24-,27?,28?/m0/s1. The van der Waals surface area contributed by atoms with Crippen molar-refractivity contribution in [3.63, 3.8) is 0 Å². The SMILES string of the molecule is CC(=O)Oc1cccc(N2C(=O)[C@@H]3[C@@H](C2=O)C2(C)c4ccccc4C3(C)c3ccccc32)c1. The van der Waals surface area contributed by atoms with E-state index in [1.54, 1.807) is 24.3 Å². The second kappa shape index (κ2) is 6.41. The molecule has 4 aliphatic rings. The maximum absolute atomic E-state index is 14.0. The average molecular weight is 437 g/mol. The van der Waals surface area contributed by atoms with Gasteiger partial charge in [-0.1, -0.05) is 68.4 Å². The minimum Gasteiger partial charge on any atom is -0.427 e. The maximum atomic E-state index is 14.0. The summed E-state index contributed by atoms with van der Waals surface area (Å²) in [5.74, 6) is -1.59. The van der Waals surface area contributed by atoms with E-state index in [0.29, 0.717) is 11.4 Å². The van der Waals surface area contributed by atoms with Crippen LogP contribution in [0.15, 0.2) is 72.8 Å². The lowest BCUT2D eigenvalue weighted by molar-refractivity contribution is -0.132. The molecule has 0 N–H and O–H groups in total. The summed E-state index contributed by atoms with van der Waals surface area (Å²) in [6, 6.07) is 23.1. The molecule has 1 heterocycles. The molecule has 0 saturated carbocycles. The van der Waals surface area contributed by atoms with Crippen LogP contribution in [0.5, 0.6) is 5.75 Å². The van der Waals surface area contributed by atoms with Crippen LogP contribution in [0.1, 0.15) is 43.0 Å². The molecule has 2 atom stereocenters. The first kappa shape index (κ1) is 19.9. The summed E-state index contributed by atoms with van der Waals surface area (Å²) in [5.41, 5.74) is 3.65. The smallest absolute Gasteiger partial charge is 0.308 e. The van der Waals surface area contributed by atoms with Crippen molar-refractivity contribution in [2.45, 2.75) is 31.6 Å². The molecule has 1 fully saturated rings. The lowest BCUT2D eigenvalue weighted by Gasteiger charge is -2.57. The number of carbonyl (C=O) groups is 3. The first-order valence-electron chi connectivity index (χ1n) is 11.2. The zero-order valence-electron chi connectivity index (χ0n) is 18.7. The van der Waals surface area contributed by atoms with E-state index in [1.165, 1.54) is 11.8 Å². The van der Waals surface area contributed by atoms with Gasteiger partial charge in [-0.2, -0.15) is 0 Å². The predicted octanol–water partition coefficient (Wildman–Crippen LogP) is 4.36. The van der Waals surface area contributed by atoms with E-state index in [4.69, 9.17) is 4.74 Å². The van der Waals surface area contributed by atoms with Crippen molar-refractivity contribution in [1.82, 2.24) is 0 Å². The summed E-state index contributed by atoms with van der Waals surface area (Å²) in [7, 11) is 0. The molecule has 2 amide bonds. The fraction of sp³-hybridized carbons (Fsp3) is 0.250. The van der Waals surface area contributed by atoms with E-state index in [0.717, 1.165) is 22.3 Å². The molecule has 0 spiro atoms. The van der Waals surface area contributed by atoms with Gasteiger partial charge in [0, 0.05) is 23.8 Å². The number of carbonyl (C=O) groups excluding carboxylic acids is 3. The minimum absolute atomic E-state index is 0.206. The van der Waals surface area contributed by atoms with Gasteiger partial charge in [0.25, 0.3) is 0 Å². The summed E-state index contributed by atoms with van der Waals surface area (Å²) in [6.45, 7) is 5.53. The molecular formula is C28H23NO4. The lowest BCUT2D eigenvalue weighted by atomic mass is 9.42. The molecule has 5 heteroatoms. The van der Waals surface area contributed by atoms with Crippen molar-refractivity contribution < 1.29 is 19.1 Å². The van der Waals surface area contributed by atoms with Gasteiger partial charge in [-0.3, -0.25) is 14.4 Å². The van der Waals surface area contributed by atoms with Crippen molar-refractivity contribution in [1.29, 1.82) is 0 Å². The lowest BCUT2D eigenvalue weighted by Crippen LogP contribution is -2.59. The van der Waals surface area contributed by atoms with Crippen LogP contribution in [0.3, 0.4) is 0 Å². The Labute approximate surface area is 192 Å². The summed E-state index contributed by atoms with van der Waals surface area (Å²) in [4.78, 5) is 40.8. The number of imide groups is 1. The fourth-order valence-electron chi connectivity index (χ4n) is 6.68. The Morgan fingerprint density at radius 2 is 1.21 bits per heavy atom. The van der Waals surface area contributed by atoms with Crippen LogP contribution < -0.4 is 9.64 Å². The average Bonchev–Trinajstić information content (AvgIpc) is 3.08. The molecule has 1 saturated heterocycles. The van der Waals surface area contributed by atoms with Crippen molar-refractivity contribution >= 4 is 23.5 Å². The number of esters is 1. The van der Waals surface area contributed by atoms with E-state index in [1.807, 2.05) is 24.3 Å². The first-order chi connectivity index (χ1) is 15.8. The molecule has 3 aromatic carbocycles. The number of benzene rings is 3. The number of hydrogen-bond acceptors (Lipinski definition) is 4. The Morgan fingerprint density at radius 1 is 0.758 bits per heavy atom. The third-order valence-electron chi connectivity index (χ3n) is 7.98. The highest BCUT2D eigenvalue weighted by molar-refractivity contribution is 6.24. The van der Waals surface area contributed by atoms with Crippen LogP contribution in [0, 0.1) is 11.8 Å². The second-order valence-corrected chi connectivity index (χ2v) is 9.55. The number of ether oxygens (including phenoxy) is 1. The Kier molecular flexibility index (Phi) is 3.87. The molecular weight excluding hydrogens is 414 g/mol. The number of nitrogens with zero attached hydrogens (tertiary/aromatic N) is 1. The van der Waals surface area contributed by atoms with Crippen LogP contribution >= 0.6 is 0 Å². The highest BCUT2D eigenvalue weighted by Crippen LogP contribution is 2.66. The topological polar surface area (TPSA) is 63.7 Å². The van der Waals surface area contributed by atoms with Gasteiger partial charge in [0.1, 0.15) is 5.75 Å². The number of anilines is 1. The zero-order chi connectivity index (χ0) is 23.1. The molecule has 1 aliphatic heterocycles. The molecule has 0 unspecified atom stereocenters. The largest absolute Gasteiger partial charge is 0.427 e. The van der Waals surface area contributed by atoms with Gasteiger partial charge in [0.05, 0.1) is 17.5 Å². The Hall–Kier alpha value is -3.73. The van der Waals surface area contributed by atoms with E-state index in [9.17, 15) is 14.4 Å². The third kappa shape index (κ3) is 2.29. The van der Waals surface area contributed by atoms with Gasteiger partial charge in [-0.05, 0) is 34.4 Å². The van der Waals surface area contributed by atoms with Crippen molar-refractivity contribution in [2.75, 3.05) is 4.90 Å². The van der Waals surface area contributed by atoms with Gasteiger partial charge >= 0.3 is 5.97 Å². The minimum atomic E-state index is -0.620. The maximum Gasteiger partial charge on any atom is 0.308 e. The van der Waals surface area contributed by atoms with Gasteiger partial charge in [0.15, 0.2) is 0 Å². The van der Waals surface area contributed by atoms with E-state index >= 15 is 0 Å².